The van der Waals surface area contributed by atoms with Crippen LogP contribution in [-0.2, 0) is 0 Å². The Kier molecular flexibility index (Phi) is 4.88. The number of phenolic OH excluding ortho intramolecular Hbond substituents is 1. The third kappa shape index (κ3) is 2.72. The molecule has 2 nitrogen and oxygen atoms in total. The third-order valence-electron chi connectivity index (χ3n) is 5.88. The van der Waals surface area contributed by atoms with Gasteiger partial charge in [-0.3, -0.25) is 0 Å². The van der Waals surface area contributed by atoms with Crippen molar-refractivity contribution in [3.05, 3.63) is 66.4 Å². The molecular formula is C25H28O2S. The summed E-state index contributed by atoms with van der Waals surface area (Å²) < 4.78 is 5.92. The van der Waals surface area contributed by atoms with Crippen molar-refractivity contribution in [3.8, 4) is 5.75 Å². The van der Waals surface area contributed by atoms with Crippen LogP contribution in [0.2, 0.25) is 0 Å². The molecule has 0 spiro atoms. The van der Waals surface area contributed by atoms with Gasteiger partial charge in [0, 0.05) is 20.7 Å². The predicted octanol–water partition coefficient (Wildman–Crippen LogP) is 7.68. The number of benzene rings is 3. The van der Waals surface area contributed by atoms with Gasteiger partial charge in [0.25, 0.3) is 0 Å². The van der Waals surface area contributed by atoms with Crippen LogP contribution in [0.5, 0.6) is 5.75 Å². The molecule has 1 N–H and O–H groups in total. The summed E-state index contributed by atoms with van der Waals surface area (Å²) in [4.78, 5) is 2.33. The summed E-state index contributed by atoms with van der Waals surface area (Å²) in [5.74, 6) is 2.65. The van der Waals surface area contributed by atoms with E-state index in [9.17, 15) is 5.11 Å². The van der Waals surface area contributed by atoms with E-state index in [4.69, 9.17) is 4.42 Å². The maximum absolute atomic E-state index is 11.5. The van der Waals surface area contributed by atoms with Crippen LogP contribution in [0.15, 0.2) is 75.1 Å². The maximum Gasteiger partial charge on any atom is 0.134 e. The SMILES string of the molecule is CCS(CC)(c1cc2ccccc2c(C(C)C)c1O)c1coc2ccccc12. The predicted molar refractivity (Wildman–Crippen MR) is 121 cm³/mol. The third-order valence-corrected chi connectivity index (χ3v) is 10.2. The molecule has 0 aliphatic heterocycles. The van der Waals surface area contributed by atoms with E-state index in [-0.39, 0.29) is 5.92 Å². The van der Waals surface area contributed by atoms with Gasteiger partial charge in [0.05, 0.1) is 0 Å². The Hall–Kier alpha value is -2.39. The van der Waals surface area contributed by atoms with Crippen LogP contribution in [0.1, 0.15) is 39.2 Å². The quantitative estimate of drug-likeness (QED) is 0.378. The van der Waals surface area contributed by atoms with Crippen LogP contribution < -0.4 is 0 Å². The number of para-hydroxylation sites is 1. The zero-order valence-electron chi connectivity index (χ0n) is 17.0. The molecule has 0 radical (unpaired) electrons. The Morgan fingerprint density at radius 3 is 2.21 bits per heavy atom. The van der Waals surface area contributed by atoms with Gasteiger partial charge in [-0.15, -0.1) is 0 Å². The summed E-state index contributed by atoms with van der Waals surface area (Å²) in [6.07, 6.45) is 1.93. The number of hydrogen-bond acceptors (Lipinski definition) is 2. The average molecular weight is 393 g/mol. The molecule has 3 aromatic carbocycles. The van der Waals surface area contributed by atoms with Gasteiger partial charge in [0.1, 0.15) is 17.6 Å². The molecule has 3 heteroatoms. The van der Waals surface area contributed by atoms with Crippen LogP contribution in [0.3, 0.4) is 0 Å². The topological polar surface area (TPSA) is 33.4 Å². The standard InChI is InChI=1S/C25H28O2S/c1-5-28(6-2,23-16-27-21-14-10-9-13-20(21)23)22-15-18-11-7-8-12-19(18)24(17(3)4)25(22)26/h7-17,26H,5-6H2,1-4H3. The van der Waals surface area contributed by atoms with Crippen molar-refractivity contribution in [2.24, 2.45) is 0 Å². The molecule has 146 valence electrons. The summed E-state index contributed by atoms with van der Waals surface area (Å²) in [5.41, 5.74) is 1.97. The number of phenols is 1. The number of hydrogen-bond donors (Lipinski definition) is 1. The summed E-state index contributed by atoms with van der Waals surface area (Å²) >= 11 is 0. The first kappa shape index (κ1) is 18.9. The molecule has 0 aliphatic rings. The van der Waals surface area contributed by atoms with Gasteiger partial charge in [-0.25, -0.2) is 0 Å². The fourth-order valence-corrected chi connectivity index (χ4v) is 7.96. The van der Waals surface area contributed by atoms with E-state index < -0.39 is 10.0 Å². The van der Waals surface area contributed by atoms with E-state index in [0.717, 1.165) is 32.9 Å². The first-order chi connectivity index (χ1) is 13.5. The summed E-state index contributed by atoms with van der Waals surface area (Å²) in [6.45, 7) is 8.80. The lowest BCUT2D eigenvalue weighted by Gasteiger charge is -2.39. The second-order valence-corrected chi connectivity index (χ2v) is 11.4. The van der Waals surface area contributed by atoms with E-state index in [1.807, 2.05) is 18.4 Å². The van der Waals surface area contributed by atoms with Gasteiger partial charge < -0.3 is 9.52 Å². The molecule has 0 saturated heterocycles. The lowest BCUT2D eigenvalue weighted by Crippen LogP contribution is -2.09. The van der Waals surface area contributed by atoms with Crippen molar-refractivity contribution in [2.45, 2.75) is 43.4 Å². The molecule has 28 heavy (non-hydrogen) atoms. The number of aromatic hydroxyl groups is 1. The minimum Gasteiger partial charge on any atom is -0.507 e. The second-order valence-electron chi connectivity index (χ2n) is 7.57. The molecule has 1 heterocycles. The van der Waals surface area contributed by atoms with Crippen molar-refractivity contribution in [1.29, 1.82) is 0 Å². The van der Waals surface area contributed by atoms with Crippen molar-refractivity contribution in [1.82, 2.24) is 0 Å². The van der Waals surface area contributed by atoms with Gasteiger partial charge >= 0.3 is 0 Å². The largest absolute Gasteiger partial charge is 0.507 e. The number of rotatable bonds is 5. The highest BCUT2D eigenvalue weighted by Crippen LogP contribution is 2.67. The van der Waals surface area contributed by atoms with Gasteiger partial charge in [0.15, 0.2) is 0 Å². The van der Waals surface area contributed by atoms with E-state index in [1.165, 1.54) is 15.7 Å². The van der Waals surface area contributed by atoms with Crippen LogP contribution in [-0.4, -0.2) is 16.6 Å². The smallest absolute Gasteiger partial charge is 0.134 e. The van der Waals surface area contributed by atoms with Crippen LogP contribution in [0.25, 0.3) is 21.7 Å². The molecule has 4 aromatic rings. The van der Waals surface area contributed by atoms with Gasteiger partial charge in [-0.1, -0.05) is 70.2 Å². The van der Waals surface area contributed by atoms with Crippen molar-refractivity contribution < 1.29 is 9.52 Å². The van der Waals surface area contributed by atoms with Crippen molar-refractivity contribution in [3.63, 3.8) is 0 Å². The fraction of sp³-hybridized carbons (Fsp3) is 0.280. The molecule has 0 aliphatic carbocycles. The molecular weight excluding hydrogens is 364 g/mol. The second kappa shape index (κ2) is 7.21. The minimum absolute atomic E-state index is 0.247. The lowest BCUT2D eigenvalue weighted by atomic mass is 9.95. The molecule has 0 fully saturated rings. The van der Waals surface area contributed by atoms with E-state index >= 15 is 0 Å². The van der Waals surface area contributed by atoms with Crippen LogP contribution in [0.4, 0.5) is 0 Å². The zero-order chi connectivity index (χ0) is 19.9. The summed E-state index contributed by atoms with van der Waals surface area (Å²) in [6, 6.07) is 18.9. The molecule has 0 saturated carbocycles. The van der Waals surface area contributed by atoms with Gasteiger partial charge in [-0.2, -0.15) is 10.0 Å². The highest BCUT2D eigenvalue weighted by atomic mass is 32.3. The maximum atomic E-state index is 11.5. The molecule has 0 bridgehead atoms. The fourth-order valence-electron chi connectivity index (χ4n) is 4.42. The highest BCUT2D eigenvalue weighted by Gasteiger charge is 2.33. The Balaban J connectivity index is 2.09. The molecule has 0 atom stereocenters. The Labute approximate surface area is 168 Å². The lowest BCUT2D eigenvalue weighted by molar-refractivity contribution is 0.453. The number of furan rings is 1. The van der Waals surface area contributed by atoms with Gasteiger partial charge in [-0.05, 0) is 40.3 Å². The molecule has 0 amide bonds. The Morgan fingerprint density at radius 2 is 1.54 bits per heavy atom. The highest BCUT2D eigenvalue weighted by molar-refractivity contribution is 8.34. The van der Waals surface area contributed by atoms with Crippen molar-refractivity contribution >= 4 is 31.8 Å². The van der Waals surface area contributed by atoms with E-state index in [0.29, 0.717) is 5.75 Å². The summed E-state index contributed by atoms with van der Waals surface area (Å²) in [7, 11) is -1.43. The Bertz CT molecular complexity index is 1140. The molecule has 4 rings (SSSR count). The monoisotopic (exact) mass is 392 g/mol. The molecule has 0 unspecified atom stereocenters. The minimum atomic E-state index is -1.43. The zero-order valence-corrected chi connectivity index (χ0v) is 17.8. The average Bonchev–Trinajstić information content (AvgIpc) is 3.14. The number of fused-ring (bicyclic) bond motifs is 2. The van der Waals surface area contributed by atoms with Crippen LogP contribution in [0, 0.1) is 0 Å². The Morgan fingerprint density at radius 1 is 0.893 bits per heavy atom. The van der Waals surface area contributed by atoms with E-state index in [1.54, 1.807) is 0 Å². The molecule has 1 aromatic heterocycles. The van der Waals surface area contributed by atoms with Gasteiger partial charge in [0.2, 0.25) is 0 Å². The van der Waals surface area contributed by atoms with E-state index in [2.05, 4.69) is 70.2 Å². The first-order valence-corrected chi connectivity index (χ1v) is 12.0. The van der Waals surface area contributed by atoms with Crippen molar-refractivity contribution in [2.75, 3.05) is 11.5 Å². The van der Waals surface area contributed by atoms with Crippen LogP contribution >= 0.6 is 10.0 Å². The summed E-state index contributed by atoms with van der Waals surface area (Å²) in [5, 5.41) is 15.0. The first-order valence-electron chi connectivity index (χ1n) is 10.0. The normalized spacial score (nSPS) is 12.9.